The summed E-state index contributed by atoms with van der Waals surface area (Å²) in [5, 5.41) is 0. The van der Waals surface area contributed by atoms with Crippen molar-refractivity contribution >= 4 is 24.4 Å². The Morgan fingerprint density at radius 2 is 1.39 bits per heavy atom. The van der Waals surface area contributed by atoms with E-state index in [2.05, 4.69) is 17.8 Å². The van der Waals surface area contributed by atoms with Crippen LogP contribution in [0.5, 0.6) is 0 Å². The first-order valence-corrected chi connectivity index (χ1v) is 11.4. The van der Waals surface area contributed by atoms with E-state index in [0.29, 0.717) is 6.42 Å². The molecule has 18 heavy (non-hydrogen) atoms. The molecule has 0 saturated heterocycles. The standard InChI is InChI=1S/C14H29ClO2Si/c1-17-14(16)12-10-8-6-4-5-7-9-11-13-18(2,3)15/h4-13H2,1-3H3. The summed E-state index contributed by atoms with van der Waals surface area (Å²) >= 11 is 6.27. The maximum absolute atomic E-state index is 10.9. The fourth-order valence-corrected chi connectivity index (χ4v) is 3.47. The summed E-state index contributed by atoms with van der Waals surface area (Å²) in [4.78, 5) is 10.9. The molecule has 0 radical (unpaired) electrons. The highest BCUT2D eigenvalue weighted by molar-refractivity contribution is 7.19. The normalized spacial score (nSPS) is 11.6. The molecule has 0 spiro atoms. The van der Waals surface area contributed by atoms with E-state index < -0.39 is 7.38 Å². The van der Waals surface area contributed by atoms with E-state index in [1.54, 1.807) is 0 Å². The Morgan fingerprint density at radius 1 is 0.944 bits per heavy atom. The van der Waals surface area contributed by atoms with Gasteiger partial charge in [-0.15, -0.1) is 0 Å². The number of methoxy groups -OCH3 is 1. The van der Waals surface area contributed by atoms with Crippen LogP contribution in [0.4, 0.5) is 0 Å². The Hall–Kier alpha value is -0.0231. The van der Waals surface area contributed by atoms with Gasteiger partial charge in [-0.3, -0.25) is 4.79 Å². The third-order valence-corrected chi connectivity index (χ3v) is 5.24. The molecule has 0 rings (SSSR count). The first kappa shape index (κ1) is 18.0. The zero-order valence-corrected chi connectivity index (χ0v) is 14.0. The number of carbonyl (C=O) groups is 1. The van der Waals surface area contributed by atoms with Crippen molar-refractivity contribution in [1.82, 2.24) is 0 Å². The Bertz CT molecular complexity index is 214. The molecule has 0 aliphatic rings. The van der Waals surface area contributed by atoms with Gasteiger partial charge in [0.25, 0.3) is 0 Å². The molecule has 0 atom stereocenters. The molecule has 0 aliphatic carbocycles. The number of ether oxygens (including phenoxy) is 1. The van der Waals surface area contributed by atoms with Gasteiger partial charge in [-0.05, 0) is 12.5 Å². The van der Waals surface area contributed by atoms with Crippen LogP contribution < -0.4 is 0 Å². The van der Waals surface area contributed by atoms with Crippen LogP contribution in [0.1, 0.15) is 57.8 Å². The number of hydrogen-bond acceptors (Lipinski definition) is 2. The van der Waals surface area contributed by atoms with Crippen molar-refractivity contribution < 1.29 is 9.53 Å². The molecule has 0 N–H and O–H groups in total. The van der Waals surface area contributed by atoms with E-state index in [9.17, 15) is 4.79 Å². The second-order valence-electron chi connectivity index (χ2n) is 5.62. The van der Waals surface area contributed by atoms with Crippen LogP contribution in [-0.4, -0.2) is 20.5 Å². The van der Waals surface area contributed by atoms with E-state index in [4.69, 9.17) is 11.1 Å². The van der Waals surface area contributed by atoms with E-state index in [1.807, 2.05) is 0 Å². The summed E-state index contributed by atoms with van der Waals surface area (Å²) < 4.78 is 4.60. The molecule has 0 aromatic heterocycles. The van der Waals surface area contributed by atoms with E-state index >= 15 is 0 Å². The van der Waals surface area contributed by atoms with Crippen LogP contribution >= 0.6 is 11.1 Å². The minimum atomic E-state index is -1.33. The fourth-order valence-electron chi connectivity index (χ4n) is 1.98. The Labute approximate surface area is 118 Å². The zero-order chi connectivity index (χ0) is 13.9. The number of carbonyl (C=O) groups excluding carboxylic acids is 1. The van der Waals surface area contributed by atoms with Crippen molar-refractivity contribution in [1.29, 1.82) is 0 Å². The number of halogens is 1. The SMILES string of the molecule is COC(=O)CCCCCCCCCC[Si](C)(C)Cl. The maximum Gasteiger partial charge on any atom is 0.305 e. The highest BCUT2D eigenvalue weighted by atomic mass is 35.6. The lowest BCUT2D eigenvalue weighted by atomic mass is 10.1. The highest BCUT2D eigenvalue weighted by Crippen LogP contribution is 2.19. The first-order chi connectivity index (χ1) is 8.45. The van der Waals surface area contributed by atoms with Crippen LogP contribution in [0.2, 0.25) is 19.1 Å². The minimum absolute atomic E-state index is 0.0807. The van der Waals surface area contributed by atoms with Crippen LogP contribution in [0, 0.1) is 0 Å². The van der Waals surface area contributed by atoms with Gasteiger partial charge in [0.15, 0.2) is 0 Å². The van der Waals surface area contributed by atoms with Gasteiger partial charge in [0.1, 0.15) is 7.38 Å². The Balaban J connectivity index is 3.10. The smallest absolute Gasteiger partial charge is 0.305 e. The molecule has 0 bridgehead atoms. The van der Waals surface area contributed by atoms with Crippen molar-refractivity contribution in [2.75, 3.05) is 7.11 Å². The fraction of sp³-hybridized carbons (Fsp3) is 0.929. The van der Waals surface area contributed by atoms with Gasteiger partial charge in [0, 0.05) is 6.42 Å². The molecular weight excluding hydrogens is 264 g/mol. The predicted molar refractivity (Wildman–Crippen MR) is 81.7 cm³/mol. The van der Waals surface area contributed by atoms with Gasteiger partial charge < -0.3 is 4.74 Å². The maximum atomic E-state index is 10.9. The molecule has 0 aromatic carbocycles. The third-order valence-electron chi connectivity index (χ3n) is 3.13. The molecule has 0 fully saturated rings. The molecule has 2 nitrogen and oxygen atoms in total. The summed E-state index contributed by atoms with van der Waals surface area (Å²) in [7, 11) is 0.122. The average Bonchev–Trinajstić information content (AvgIpc) is 2.29. The molecular formula is C14H29ClO2Si. The van der Waals surface area contributed by atoms with E-state index in [1.165, 1.54) is 51.7 Å². The quantitative estimate of drug-likeness (QED) is 0.229. The van der Waals surface area contributed by atoms with Crippen LogP contribution in [-0.2, 0) is 9.53 Å². The third kappa shape index (κ3) is 14.0. The van der Waals surface area contributed by atoms with Crippen molar-refractivity contribution in [3.05, 3.63) is 0 Å². The van der Waals surface area contributed by atoms with Crippen LogP contribution in [0.15, 0.2) is 0 Å². The Kier molecular flexibility index (Phi) is 10.8. The summed E-state index contributed by atoms with van der Waals surface area (Å²) in [6, 6.07) is 1.24. The molecule has 0 saturated carbocycles. The average molecular weight is 293 g/mol. The van der Waals surface area contributed by atoms with Gasteiger partial charge in [-0.25, -0.2) is 0 Å². The van der Waals surface area contributed by atoms with Crippen molar-refractivity contribution in [3.8, 4) is 0 Å². The second kappa shape index (κ2) is 10.9. The molecule has 0 aliphatic heterocycles. The molecule has 0 unspecified atom stereocenters. The predicted octanol–water partition coefficient (Wildman–Crippen LogP) is 5.11. The highest BCUT2D eigenvalue weighted by Gasteiger charge is 2.15. The molecule has 0 aromatic rings. The van der Waals surface area contributed by atoms with Crippen molar-refractivity contribution in [2.45, 2.75) is 76.9 Å². The van der Waals surface area contributed by atoms with Gasteiger partial charge >= 0.3 is 5.97 Å². The molecule has 108 valence electrons. The first-order valence-electron chi connectivity index (χ1n) is 7.21. The largest absolute Gasteiger partial charge is 0.469 e. The number of esters is 1. The van der Waals surface area contributed by atoms with Gasteiger partial charge in [0.2, 0.25) is 0 Å². The summed E-state index contributed by atoms with van der Waals surface area (Å²) in [5.74, 6) is -0.0807. The number of rotatable bonds is 11. The van der Waals surface area contributed by atoms with Crippen molar-refractivity contribution in [2.24, 2.45) is 0 Å². The number of unbranched alkanes of at least 4 members (excludes halogenated alkanes) is 7. The lowest BCUT2D eigenvalue weighted by molar-refractivity contribution is -0.140. The van der Waals surface area contributed by atoms with Crippen LogP contribution in [0.25, 0.3) is 0 Å². The molecule has 0 heterocycles. The lowest BCUT2D eigenvalue weighted by Gasteiger charge is -2.11. The lowest BCUT2D eigenvalue weighted by Crippen LogP contribution is -2.14. The van der Waals surface area contributed by atoms with E-state index in [0.717, 1.165) is 12.8 Å². The van der Waals surface area contributed by atoms with Gasteiger partial charge in [-0.1, -0.05) is 58.0 Å². The zero-order valence-electron chi connectivity index (χ0n) is 12.3. The monoisotopic (exact) mass is 292 g/mol. The van der Waals surface area contributed by atoms with Crippen LogP contribution in [0.3, 0.4) is 0 Å². The topological polar surface area (TPSA) is 26.3 Å². The summed E-state index contributed by atoms with van der Waals surface area (Å²) in [5.41, 5.74) is 0. The summed E-state index contributed by atoms with van der Waals surface area (Å²) in [6.45, 7) is 4.44. The van der Waals surface area contributed by atoms with Crippen molar-refractivity contribution in [3.63, 3.8) is 0 Å². The van der Waals surface area contributed by atoms with Gasteiger partial charge in [0.05, 0.1) is 7.11 Å². The van der Waals surface area contributed by atoms with Gasteiger partial charge in [-0.2, -0.15) is 11.1 Å². The number of hydrogen-bond donors (Lipinski definition) is 0. The second-order valence-corrected chi connectivity index (χ2v) is 12.6. The molecule has 4 heteroatoms. The minimum Gasteiger partial charge on any atom is -0.469 e. The Morgan fingerprint density at radius 3 is 1.83 bits per heavy atom. The van der Waals surface area contributed by atoms with E-state index in [-0.39, 0.29) is 5.97 Å². The molecule has 0 amide bonds. The summed E-state index contributed by atoms with van der Waals surface area (Å²) in [6.07, 6.45) is 10.5.